The summed E-state index contributed by atoms with van der Waals surface area (Å²) in [5.74, 6) is 2.75. The first-order valence-electron chi connectivity index (χ1n) is 8.87. The second-order valence-corrected chi connectivity index (χ2v) is 8.82. The van der Waals surface area contributed by atoms with E-state index in [0.29, 0.717) is 5.70 Å². The number of nitrogens with two attached hydrogens (primary N) is 1. The standard InChI is InChI=1S/C22H15Cl2F2N3O2S/c1-14-4-2-3-11-29(14)16(13-27)6-7-17-19(25)9-10-20(22(17)26)28-32(30,31)21-12-15(23)5-8-18(21)24/h2-5,8-13,28H,1,27H2/b16-13-. The predicted octanol–water partition coefficient (Wildman–Crippen LogP) is 5.12. The van der Waals surface area contributed by atoms with Crippen LogP contribution >= 0.6 is 23.2 Å². The molecule has 3 N–H and O–H groups in total. The summed E-state index contributed by atoms with van der Waals surface area (Å²) >= 11 is 11.8. The van der Waals surface area contributed by atoms with Crippen molar-refractivity contribution in [3.8, 4) is 11.8 Å². The van der Waals surface area contributed by atoms with Crippen molar-refractivity contribution in [3.05, 3.63) is 106 Å². The van der Waals surface area contributed by atoms with Gasteiger partial charge >= 0.3 is 0 Å². The summed E-state index contributed by atoms with van der Waals surface area (Å²) in [4.78, 5) is 1.16. The number of nitrogens with zero attached hydrogens (tertiary/aromatic N) is 1. The molecular formula is C22H15Cl2F2N3O2S. The number of nitrogens with one attached hydrogen (secondary N) is 1. The molecule has 164 valence electrons. The summed E-state index contributed by atoms with van der Waals surface area (Å²) in [7, 11) is -4.32. The van der Waals surface area contributed by atoms with Crippen molar-refractivity contribution in [1.82, 2.24) is 4.90 Å². The number of hydrogen-bond acceptors (Lipinski definition) is 4. The molecule has 0 saturated carbocycles. The first-order chi connectivity index (χ1) is 15.1. The van der Waals surface area contributed by atoms with Crippen molar-refractivity contribution in [2.75, 3.05) is 4.72 Å². The second-order valence-electron chi connectivity index (χ2n) is 6.33. The van der Waals surface area contributed by atoms with Crippen LogP contribution in [0.25, 0.3) is 0 Å². The lowest BCUT2D eigenvalue weighted by atomic mass is 10.1. The van der Waals surface area contributed by atoms with E-state index in [1.165, 1.54) is 17.0 Å². The lowest BCUT2D eigenvalue weighted by Gasteiger charge is -2.21. The largest absolute Gasteiger partial charge is 0.402 e. The van der Waals surface area contributed by atoms with Crippen molar-refractivity contribution in [2.45, 2.75) is 4.90 Å². The van der Waals surface area contributed by atoms with Gasteiger partial charge in [-0.05, 0) is 48.4 Å². The molecule has 0 fully saturated rings. The maximum absolute atomic E-state index is 15.0. The molecule has 10 heteroatoms. The second kappa shape index (κ2) is 9.49. The Bertz CT molecular complexity index is 1360. The first-order valence-corrected chi connectivity index (χ1v) is 11.1. The van der Waals surface area contributed by atoms with Crippen molar-refractivity contribution >= 4 is 38.9 Å². The van der Waals surface area contributed by atoms with Gasteiger partial charge in [0.1, 0.15) is 16.4 Å². The minimum absolute atomic E-state index is 0.116. The monoisotopic (exact) mass is 493 g/mol. The van der Waals surface area contributed by atoms with Crippen LogP contribution in [0.15, 0.2) is 83.8 Å². The summed E-state index contributed by atoms with van der Waals surface area (Å²) in [6.07, 6.45) is 7.94. The molecule has 5 nitrogen and oxygen atoms in total. The van der Waals surface area contributed by atoms with Crippen molar-refractivity contribution < 1.29 is 17.2 Å². The highest BCUT2D eigenvalue weighted by Crippen LogP contribution is 2.29. The van der Waals surface area contributed by atoms with Crippen LogP contribution in [0.4, 0.5) is 14.5 Å². The fraction of sp³-hybridized carbons (Fsp3) is 0. The number of halogens is 4. The van der Waals surface area contributed by atoms with E-state index in [9.17, 15) is 17.2 Å². The fourth-order valence-electron chi connectivity index (χ4n) is 2.65. The molecule has 1 aliphatic rings. The Morgan fingerprint density at radius 1 is 1.19 bits per heavy atom. The normalized spacial score (nSPS) is 13.7. The summed E-state index contributed by atoms with van der Waals surface area (Å²) in [6, 6.07) is 5.62. The van der Waals surface area contributed by atoms with E-state index in [1.54, 1.807) is 24.4 Å². The van der Waals surface area contributed by atoms with Crippen molar-refractivity contribution in [2.24, 2.45) is 5.73 Å². The maximum atomic E-state index is 15.0. The molecule has 0 atom stereocenters. The molecule has 1 heterocycles. The number of allylic oxidation sites excluding steroid dienone is 4. The Kier molecular flexibility index (Phi) is 6.94. The van der Waals surface area contributed by atoms with Gasteiger partial charge in [0.25, 0.3) is 10.0 Å². The third-order valence-electron chi connectivity index (χ3n) is 4.20. The Hall–Kier alpha value is -3.25. The number of anilines is 1. The quantitative estimate of drug-likeness (QED) is 0.579. The lowest BCUT2D eigenvalue weighted by Crippen LogP contribution is -2.16. The molecule has 0 aromatic heterocycles. The molecule has 1 aliphatic heterocycles. The van der Waals surface area contributed by atoms with Gasteiger partial charge in [0, 0.05) is 23.1 Å². The molecule has 0 radical (unpaired) electrons. The van der Waals surface area contributed by atoms with Crippen LogP contribution in [-0.4, -0.2) is 13.3 Å². The zero-order valence-electron chi connectivity index (χ0n) is 16.2. The van der Waals surface area contributed by atoms with Gasteiger partial charge in [-0.15, -0.1) is 0 Å². The highest BCUT2D eigenvalue weighted by atomic mass is 35.5. The van der Waals surface area contributed by atoms with Gasteiger partial charge in [-0.3, -0.25) is 4.72 Å². The summed E-state index contributed by atoms with van der Waals surface area (Å²) in [5, 5.41) is -0.00349. The van der Waals surface area contributed by atoms with Crippen LogP contribution in [0.3, 0.4) is 0 Å². The Labute approximate surface area is 194 Å². The van der Waals surface area contributed by atoms with Crippen LogP contribution in [0.1, 0.15) is 5.56 Å². The third-order valence-corrected chi connectivity index (χ3v) is 6.28. The van der Waals surface area contributed by atoms with Crippen LogP contribution < -0.4 is 10.5 Å². The zero-order valence-corrected chi connectivity index (χ0v) is 18.6. The molecule has 2 aromatic rings. The predicted molar refractivity (Wildman–Crippen MR) is 122 cm³/mol. The molecule has 3 rings (SSSR count). The van der Waals surface area contributed by atoms with Gasteiger partial charge in [0.15, 0.2) is 5.82 Å². The number of rotatable bonds is 4. The van der Waals surface area contributed by atoms with Gasteiger partial charge in [-0.1, -0.05) is 41.8 Å². The van der Waals surface area contributed by atoms with Gasteiger partial charge in [-0.25, -0.2) is 17.2 Å². The van der Waals surface area contributed by atoms with Crippen LogP contribution in [-0.2, 0) is 10.0 Å². The molecule has 0 bridgehead atoms. The van der Waals surface area contributed by atoms with Crippen LogP contribution in [0, 0.1) is 23.5 Å². The van der Waals surface area contributed by atoms with Gasteiger partial charge in [0.2, 0.25) is 0 Å². The number of sulfonamides is 1. The van der Waals surface area contributed by atoms with E-state index >= 15 is 0 Å². The molecule has 0 aliphatic carbocycles. The smallest absolute Gasteiger partial charge is 0.263 e. The van der Waals surface area contributed by atoms with E-state index < -0.39 is 32.9 Å². The molecule has 0 spiro atoms. The van der Waals surface area contributed by atoms with Gasteiger partial charge < -0.3 is 10.6 Å². The minimum Gasteiger partial charge on any atom is -0.402 e. The van der Waals surface area contributed by atoms with Crippen LogP contribution in [0.5, 0.6) is 0 Å². The summed E-state index contributed by atoms with van der Waals surface area (Å²) < 4.78 is 56.7. The molecule has 2 aromatic carbocycles. The topological polar surface area (TPSA) is 75.4 Å². The first kappa shape index (κ1) is 23.4. The van der Waals surface area contributed by atoms with Gasteiger partial charge in [-0.2, -0.15) is 0 Å². The molecule has 32 heavy (non-hydrogen) atoms. The van der Waals surface area contributed by atoms with Crippen molar-refractivity contribution in [3.63, 3.8) is 0 Å². The van der Waals surface area contributed by atoms with E-state index in [4.69, 9.17) is 28.9 Å². The Morgan fingerprint density at radius 3 is 2.62 bits per heavy atom. The SMILES string of the molecule is C=C1C=CC=CN1/C(C#Cc1c(F)ccc(NS(=O)(=O)c2cc(Cl)ccc2Cl)c1F)=C\N. The summed E-state index contributed by atoms with van der Waals surface area (Å²) in [5.41, 5.74) is 5.19. The van der Waals surface area contributed by atoms with Crippen molar-refractivity contribution in [1.29, 1.82) is 0 Å². The van der Waals surface area contributed by atoms with E-state index in [-0.39, 0.29) is 20.6 Å². The zero-order chi connectivity index (χ0) is 23.5. The average Bonchev–Trinajstić information content (AvgIpc) is 2.75. The Morgan fingerprint density at radius 2 is 1.94 bits per heavy atom. The molecule has 0 amide bonds. The van der Waals surface area contributed by atoms with Gasteiger partial charge in [0.05, 0.1) is 16.3 Å². The highest BCUT2D eigenvalue weighted by Gasteiger charge is 2.22. The summed E-state index contributed by atoms with van der Waals surface area (Å²) in [6.45, 7) is 3.83. The van der Waals surface area contributed by atoms with Crippen LogP contribution in [0.2, 0.25) is 10.0 Å². The maximum Gasteiger partial charge on any atom is 0.263 e. The number of benzene rings is 2. The number of hydrogen-bond donors (Lipinski definition) is 2. The van der Waals surface area contributed by atoms with E-state index in [1.807, 2.05) is 4.72 Å². The fourth-order valence-corrected chi connectivity index (χ4v) is 4.47. The molecule has 0 saturated heterocycles. The lowest BCUT2D eigenvalue weighted by molar-refractivity contribution is 0.577. The van der Waals surface area contributed by atoms with E-state index in [2.05, 4.69) is 18.4 Å². The highest BCUT2D eigenvalue weighted by molar-refractivity contribution is 7.92. The molecule has 0 unspecified atom stereocenters. The minimum atomic E-state index is -4.32. The molecular weight excluding hydrogens is 479 g/mol. The third kappa shape index (κ3) is 4.97. The Balaban J connectivity index is 1.98. The average molecular weight is 494 g/mol. The van der Waals surface area contributed by atoms with E-state index in [0.717, 1.165) is 24.4 Å².